The van der Waals surface area contributed by atoms with Crippen LogP contribution in [0.25, 0.3) is 45.1 Å². The monoisotopic (exact) mass is 529 g/mol. The predicted molar refractivity (Wildman–Crippen MR) is 145 cm³/mol. The number of aliphatic hydroxyl groups excluding tert-OH is 1. The van der Waals surface area contributed by atoms with Crippen LogP contribution in [-0.2, 0) is 13.6 Å². The van der Waals surface area contributed by atoms with E-state index < -0.39 is 5.82 Å². The lowest BCUT2D eigenvalue weighted by atomic mass is 9.97. The molecule has 0 unspecified atom stereocenters. The average molecular weight is 530 g/mol. The Morgan fingerprint density at radius 2 is 1.90 bits per heavy atom. The predicted octanol–water partition coefficient (Wildman–Crippen LogP) is 5.89. The van der Waals surface area contributed by atoms with Crippen LogP contribution in [0.3, 0.4) is 0 Å². The molecule has 0 aliphatic heterocycles. The lowest BCUT2D eigenvalue weighted by Gasteiger charge is -2.27. The lowest BCUT2D eigenvalue weighted by molar-refractivity contribution is 0.0819. The number of nitrogens with zero attached hydrogens (tertiary/aromatic N) is 5. The summed E-state index contributed by atoms with van der Waals surface area (Å²) in [7, 11) is 3.72. The minimum atomic E-state index is -0.413. The summed E-state index contributed by atoms with van der Waals surface area (Å²) in [6.45, 7) is 2.25. The highest BCUT2D eigenvalue weighted by atomic mass is 19.1. The van der Waals surface area contributed by atoms with Gasteiger partial charge in [0.25, 0.3) is 0 Å². The van der Waals surface area contributed by atoms with Crippen molar-refractivity contribution in [3.8, 4) is 34.0 Å². The molecule has 200 valence electrons. The maximum Gasteiger partial charge on any atom is 0.227 e. The van der Waals surface area contributed by atoms with Crippen molar-refractivity contribution in [1.82, 2.24) is 24.6 Å². The topological polar surface area (TPSA) is 80.2 Å². The Morgan fingerprint density at radius 3 is 2.64 bits per heavy atom. The molecule has 1 aliphatic rings. The Hall–Kier alpha value is -3.95. The van der Waals surface area contributed by atoms with Gasteiger partial charge in [0, 0.05) is 36.3 Å². The maximum absolute atomic E-state index is 15.7. The minimum absolute atomic E-state index is 0.0221. The molecule has 1 N–H and O–H groups in total. The molecule has 0 radical (unpaired) electrons. The standard InChI is InChI=1S/C30H29F2N5O2/c1-17-12-20(15-36(2)24-8-5-9-25(24)38)26(32)27-28(17)39-30(34-27)19-7-4-6-18(13-19)22-11-10-21(31)14-23(22)29-35-33-16-37(29)3/h4,6-7,10-14,16,24-25,38H,5,8-9,15H2,1-3H3/t24-,25+/m1/s1. The van der Waals surface area contributed by atoms with Gasteiger partial charge in [-0.15, -0.1) is 10.2 Å². The number of hydrogen-bond acceptors (Lipinski definition) is 6. The van der Waals surface area contributed by atoms with Gasteiger partial charge in [-0.25, -0.2) is 13.8 Å². The summed E-state index contributed by atoms with van der Waals surface area (Å²) >= 11 is 0. The highest BCUT2D eigenvalue weighted by molar-refractivity contribution is 5.84. The number of rotatable bonds is 6. The maximum atomic E-state index is 15.7. The van der Waals surface area contributed by atoms with E-state index >= 15 is 4.39 Å². The van der Waals surface area contributed by atoms with Gasteiger partial charge in [0.05, 0.1) is 6.10 Å². The van der Waals surface area contributed by atoms with Crippen molar-refractivity contribution >= 4 is 11.1 Å². The molecule has 1 fully saturated rings. The Labute approximate surface area is 224 Å². The molecular formula is C30H29F2N5O2. The lowest BCUT2D eigenvalue weighted by Crippen LogP contribution is -2.37. The molecule has 3 aromatic carbocycles. The summed E-state index contributed by atoms with van der Waals surface area (Å²) in [6.07, 6.45) is 3.83. The zero-order chi connectivity index (χ0) is 27.3. The molecular weight excluding hydrogens is 500 g/mol. The van der Waals surface area contributed by atoms with Crippen LogP contribution in [0.5, 0.6) is 0 Å². The van der Waals surface area contributed by atoms with Crippen molar-refractivity contribution in [2.75, 3.05) is 7.05 Å². The molecule has 2 heterocycles. The molecule has 1 saturated carbocycles. The molecule has 0 amide bonds. The van der Waals surface area contributed by atoms with E-state index in [1.165, 1.54) is 12.1 Å². The summed E-state index contributed by atoms with van der Waals surface area (Å²) in [5, 5.41) is 18.4. The van der Waals surface area contributed by atoms with Crippen molar-refractivity contribution in [3.63, 3.8) is 0 Å². The van der Waals surface area contributed by atoms with Gasteiger partial charge in [-0.2, -0.15) is 0 Å². The minimum Gasteiger partial charge on any atom is -0.436 e. The second-order valence-corrected chi connectivity index (χ2v) is 10.4. The van der Waals surface area contributed by atoms with Crippen molar-refractivity contribution < 1.29 is 18.3 Å². The fraction of sp³-hybridized carbons (Fsp3) is 0.300. The molecule has 39 heavy (non-hydrogen) atoms. The zero-order valence-corrected chi connectivity index (χ0v) is 22.0. The Kier molecular flexibility index (Phi) is 6.48. The molecule has 7 nitrogen and oxygen atoms in total. The second-order valence-electron chi connectivity index (χ2n) is 10.4. The van der Waals surface area contributed by atoms with Crippen LogP contribution in [0.4, 0.5) is 8.78 Å². The summed E-state index contributed by atoms with van der Waals surface area (Å²) in [5.74, 6) is 0.0517. The van der Waals surface area contributed by atoms with E-state index in [1.807, 2.05) is 43.1 Å². The van der Waals surface area contributed by atoms with Crippen LogP contribution in [0, 0.1) is 18.6 Å². The summed E-state index contributed by atoms with van der Waals surface area (Å²) < 4.78 is 37.7. The molecule has 0 spiro atoms. The number of fused-ring (bicyclic) bond motifs is 1. The van der Waals surface area contributed by atoms with Crippen LogP contribution < -0.4 is 0 Å². The first kappa shape index (κ1) is 25.3. The Morgan fingerprint density at radius 1 is 1.08 bits per heavy atom. The molecule has 2 atom stereocenters. The summed E-state index contributed by atoms with van der Waals surface area (Å²) in [6, 6.07) is 13.9. The number of aliphatic hydroxyl groups is 1. The average Bonchev–Trinajstić information content (AvgIpc) is 3.67. The van der Waals surface area contributed by atoms with Gasteiger partial charge in [-0.1, -0.05) is 18.2 Å². The Bertz CT molecular complexity index is 1680. The van der Waals surface area contributed by atoms with Crippen molar-refractivity contribution in [1.29, 1.82) is 0 Å². The van der Waals surface area contributed by atoms with Crippen molar-refractivity contribution in [2.24, 2.45) is 7.05 Å². The molecule has 1 aliphatic carbocycles. The van der Waals surface area contributed by atoms with E-state index in [4.69, 9.17) is 4.42 Å². The number of hydrogen-bond donors (Lipinski definition) is 1. The van der Waals surface area contributed by atoms with Gasteiger partial charge in [0.15, 0.2) is 17.2 Å². The molecule has 2 aromatic heterocycles. The van der Waals surface area contributed by atoms with E-state index in [9.17, 15) is 9.50 Å². The Balaban J connectivity index is 1.37. The molecule has 9 heteroatoms. The summed E-state index contributed by atoms with van der Waals surface area (Å²) in [4.78, 5) is 6.58. The SMILES string of the molecule is Cc1cc(CN(C)[C@@H]2CCC[C@@H]2O)c(F)c2nc(-c3cccc(-c4ccc(F)cc4-c4nncn4C)c3)oc12. The highest BCUT2D eigenvalue weighted by Crippen LogP contribution is 2.36. The van der Waals surface area contributed by atoms with Gasteiger partial charge < -0.3 is 14.1 Å². The van der Waals surface area contributed by atoms with Crippen LogP contribution in [0.1, 0.15) is 30.4 Å². The van der Waals surface area contributed by atoms with Gasteiger partial charge in [-0.05, 0) is 80.3 Å². The van der Waals surface area contributed by atoms with E-state index in [2.05, 4.69) is 15.2 Å². The highest BCUT2D eigenvalue weighted by Gasteiger charge is 2.29. The van der Waals surface area contributed by atoms with E-state index in [0.717, 1.165) is 36.0 Å². The summed E-state index contributed by atoms with van der Waals surface area (Å²) in [5.41, 5.74) is 4.76. The van der Waals surface area contributed by atoms with Crippen LogP contribution >= 0.6 is 0 Å². The first-order chi connectivity index (χ1) is 18.8. The van der Waals surface area contributed by atoms with Gasteiger partial charge in [-0.3, -0.25) is 4.90 Å². The van der Waals surface area contributed by atoms with Crippen molar-refractivity contribution in [3.05, 3.63) is 77.6 Å². The third kappa shape index (κ3) is 4.62. The number of benzene rings is 3. The van der Waals surface area contributed by atoms with E-state index in [1.54, 1.807) is 30.1 Å². The van der Waals surface area contributed by atoms with Crippen LogP contribution in [0.15, 0.2) is 59.3 Å². The normalized spacial score (nSPS) is 17.5. The van der Waals surface area contributed by atoms with Gasteiger partial charge in [0.1, 0.15) is 17.7 Å². The number of likely N-dealkylation sites (N-methyl/N-ethyl adjacent to an activating group) is 1. The largest absolute Gasteiger partial charge is 0.436 e. The third-order valence-corrected chi connectivity index (χ3v) is 7.65. The number of oxazole rings is 1. The number of halogens is 2. The third-order valence-electron chi connectivity index (χ3n) is 7.65. The van der Waals surface area contributed by atoms with E-state index in [0.29, 0.717) is 40.5 Å². The fourth-order valence-electron chi connectivity index (χ4n) is 5.64. The first-order valence-corrected chi connectivity index (χ1v) is 13.0. The molecule has 5 aromatic rings. The fourth-order valence-corrected chi connectivity index (χ4v) is 5.64. The molecule has 0 saturated heterocycles. The molecule has 0 bridgehead atoms. The van der Waals surface area contributed by atoms with Gasteiger partial charge >= 0.3 is 0 Å². The molecule has 6 rings (SSSR count). The zero-order valence-electron chi connectivity index (χ0n) is 22.0. The van der Waals surface area contributed by atoms with Gasteiger partial charge in [0.2, 0.25) is 5.89 Å². The van der Waals surface area contributed by atoms with Crippen LogP contribution in [0.2, 0.25) is 0 Å². The second kappa shape index (κ2) is 9.98. The smallest absolute Gasteiger partial charge is 0.227 e. The van der Waals surface area contributed by atoms with Crippen LogP contribution in [-0.4, -0.2) is 48.9 Å². The number of aromatic nitrogens is 4. The quantitative estimate of drug-likeness (QED) is 0.296. The van der Waals surface area contributed by atoms with Crippen molar-refractivity contribution in [2.45, 2.75) is 44.9 Å². The number of aryl methyl sites for hydroxylation is 2. The first-order valence-electron chi connectivity index (χ1n) is 13.0. The van der Waals surface area contributed by atoms with E-state index in [-0.39, 0.29) is 23.5 Å².